The maximum Gasteiger partial charge on any atom is 0.331 e. The molecule has 12 heteroatoms. The van der Waals surface area contributed by atoms with Gasteiger partial charge in [0.15, 0.2) is 23.5 Å². The predicted octanol–water partition coefficient (Wildman–Crippen LogP) is -1.71. The van der Waals surface area contributed by atoms with Gasteiger partial charge in [0.2, 0.25) is 5.91 Å². The number of aliphatic hydroxyl groups excluding tert-OH is 1. The van der Waals surface area contributed by atoms with E-state index in [1.807, 2.05) is 0 Å². The van der Waals surface area contributed by atoms with Gasteiger partial charge in [-0.05, 0) is 31.9 Å². The third-order valence-corrected chi connectivity index (χ3v) is 4.06. The van der Waals surface area contributed by atoms with Crippen LogP contribution in [0.15, 0.2) is 23.2 Å². The lowest BCUT2D eigenvalue weighted by Gasteiger charge is -2.23. The van der Waals surface area contributed by atoms with E-state index in [-0.39, 0.29) is 24.5 Å². The summed E-state index contributed by atoms with van der Waals surface area (Å²) < 4.78 is 4.55. The lowest BCUT2D eigenvalue weighted by Crippen LogP contribution is -2.55. The van der Waals surface area contributed by atoms with E-state index in [0.29, 0.717) is 6.42 Å². The minimum Gasteiger partial charge on any atom is -0.504 e. The molecule has 0 bridgehead atoms. The second-order valence-corrected chi connectivity index (χ2v) is 6.40. The first-order valence-electron chi connectivity index (χ1n) is 9.01. The Kier molecular flexibility index (Phi) is 9.36. The molecule has 0 heterocycles. The van der Waals surface area contributed by atoms with Crippen LogP contribution >= 0.6 is 0 Å². The van der Waals surface area contributed by atoms with Crippen LogP contribution < -0.4 is 22.1 Å². The van der Waals surface area contributed by atoms with Crippen LogP contribution in [0, 0.1) is 0 Å². The molecule has 0 aliphatic carbocycles. The van der Waals surface area contributed by atoms with Crippen molar-refractivity contribution in [3.05, 3.63) is 23.8 Å². The molecule has 3 atom stereocenters. The molecule has 1 unspecified atom stereocenters. The van der Waals surface area contributed by atoms with Crippen LogP contribution in [0.1, 0.15) is 30.1 Å². The number of methoxy groups -OCH3 is 1. The van der Waals surface area contributed by atoms with Crippen molar-refractivity contribution in [2.24, 2.45) is 16.5 Å². The van der Waals surface area contributed by atoms with Crippen LogP contribution in [-0.4, -0.2) is 70.9 Å². The zero-order valence-electron chi connectivity index (χ0n) is 16.7. The number of phenolic OH excluding ortho intramolecular Hbond substituents is 2. The Hall–Kier alpha value is -3.54. The average Bonchev–Trinajstić information content (AvgIpc) is 2.69. The summed E-state index contributed by atoms with van der Waals surface area (Å²) in [6, 6.07) is 1.27. The van der Waals surface area contributed by atoms with Gasteiger partial charge < -0.3 is 42.2 Å². The first-order chi connectivity index (χ1) is 14.1. The molecular formula is C18H27N5O7. The molecule has 0 aromatic heterocycles. The highest BCUT2D eigenvalue weighted by Crippen LogP contribution is 2.28. The van der Waals surface area contributed by atoms with Gasteiger partial charge in [-0.3, -0.25) is 14.6 Å². The number of benzene rings is 1. The molecule has 9 N–H and O–H groups in total. The number of aliphatic hydroxyl groups is 1. The van der Waals surface area contributed by atoms with Crippen LogP contribution in [-0.2, 0) is 14.3 Å². The third-order valence-electron chi connectivity index (χ3n) is 4.06. The Bertz CT molecular complexity index is 793. The summed E-state index contributed by atoms with van der Waals surface area (Å²) >= 11 is 0. The number of hydrogen-bond acceptors (Lipinski definition) is 8. The van der Waals surface area contributed by atoms with E-state index in [2.05, 4.69) is 20.4 Å². The summed E-state index contributed by atoms with van der Waals surface area (Å²) in [5.74, 6) is -3.76. The van der Waals surface area contributed by atoms with Crippen LogP contribution in [0.4, 0.5) is 0 Å². The van der Waals surface area contributed by atoms with Gasteiger partial charge in [-0.1, -0.05) is 6.07 Å². The number of carbonyl (C=O) groups excluding carboxylic acids is 3. The van der Waals surface area contributed by atoms with Crippen molar-refractivity contribution < 1.29 is 34.4 Å². The molecule has 30 heavy (non-hydrogen) atoms. The Morgan fingerprint density at radius 3 is 2.43 bits per heavy atom. The number of guanidine groups is 1. The summed E-state index contributed by atoms with van der Waals surface area (Å²) in [6.07, 6.45) is -0.892. The first-order valence-corrected chi connectivity index (χ1v) is 9.01. The zero-order valence-corrected chi connectivity index (χ0v) is 16.7. The smallest absolute Gasteiger partial charge is 0.331 e. The van der Waals surface area contributed by atoms with E-state index in [9.17, 15) is 29.7 Å². The molecule has 2 amide bonds. The van der Waals surface area contributed by atoms with Crippen molar-refractivity contribution in [3.8, 4) is 11.5 Å². The Labute approximate surface area is 172 Å². The van der Waals surface area contributed by atoms with Crippen LogP contribution in [0.3, 0.4) is 0 Å². The minimum atomic E-state index is -1.35. The molecule has 166 valence electrons. The fourth-order valence-electron chi connectivity index (χ4n) is 2.48. The number of nitrogens with zero attached hydrogens (tertiary/aromatic N) is 1. The predicted molar refractivity (Wildman–Crippen MR) is 107 cm³/mol. The van der Waals surface area contributed by atoms with Crippen molar-refractivity contribution in [1.82, 2.24) is 10.6 Å². The number of esters is 1. The van der Waals surface area contributed by atoms with Gasteiger partial charge in [0, 0.05) is 6.54 Å². The molecule has 1 aromatic carbocycles. The number of aliphatic imine (C=N–C) groups is 1. The first kappa shape index (κ1) is 24.5. The quantitative estimate of drug-likeness (QED) is 0.0746. The van der Waals surface area contributed by atoms with Crippen LogP contribution in [0.25, 0.3) is 0 Å². The summed E-state index contributed by atoms with van der Waals surface area (Å²) in [6.45, 7) is 1.47. The van der Waals surface area contributed by atoms with E-state index >= 15 is 0 Å². The van der Waals surface area contributed by atoms with Crippen molar-refractivity contribution in [1.29, 1.82) is 0 Å². The fourth-order valence-corrected chi connectivity index (χ4v) is 2.48. The number of rotatable bonds is 10. The Morgan fingerprint density at radius 2 is 1.87 bits per heavy atom. The van der Waals surface area contributed by atoms with Gasteiger partial charge in [-0.25, -0.2) is 4.79 Å². The maximum absolute atomic E-state index is 12.7. The normalized spacial score (nSPS) is 13.4. The standard InChI is InChI=1S/C18H27N5O7/c1-9(24)13(17(29)30-2)23-16(28)11(6-4-8-21-18(19)20)22-15(27)10-5-3-7-12(25)14(10)26/h3,5,7,9,11,13,24-26H,4,6,8H2,1-2H3,(H,22,27)(H,23,28)(H4,19,20,21)/t9?,11-,13-/m0/s1. The number of hydrogen-bond donors (Lipinski definition) is 7. The largest absolute Gasteiger partial charge is 0.504 e. The molecule has 0 aliphatic rings. The number of ether oxygens (including phenoxy) is 1. The van der Waals surface area contributed by atoms with Crippen molar-refractivity contribution >= 4 is 23.7 Å². The maximum atomic E-state index is 12.7. The zero-order chi connectivity index (χ0) is 22.8. The number of nitrogens with one attached hydrogen (secondary N) is 2. The second-order valence-electron chi connectivity index (χ2n) is 6.40. The molecule has 12 nitrogen and oxygen atoms in total. The summed E-state index contributed by atoms with van der Waals surface area (Å²) in [5.41, 5.74) is 10.3. The number of para-hydroxylation sites is 1. The van der Waals surface area contributed by atoms with Crippen molar-refractivity contribution in [3.63, 3.8) is 0 Å². The molecule has 0 fully saturated rings. The lowest BCUT2D eigenvalue weighted by molar-refractivity contribution is -0.148. The average molecular weight is 425 g/mol. The highest BCUT2D eigenvalue weighted by molar-refractivity contribution is 6.00. The number of carbonyl (C=O) groups is 3. The number of nitrogens with two attached hydrogens (primary N) is 2. The molecule has 0 radical (unpaired) electrons. The van der Waals surface area contributed by atoms with E-state index in [0.717, 1.165) is 7.11 Å². The summed E-state index contributed by atoms with van der Waals surface area (Å²) in [4.78, 5) is 40.8. The lowest BCUT2D eigenvalue weighted by atomic mass is 10.1. The molecule has 1 rings (SSSR count). The second kappa shape index (κ2) is 11.5. The van der Waals surface area contributed by atoms with Gasteiger partial charge in [-0.2, -0.15) is 0 Å². The van der Waals surface area contributed by atoms with E-state index in [4.69, 9.17) is 11.5 Å². The van der Waals surface area contributed by atoms with Crippen LogP contribution in [0.5, 0.6) is 11.5 Å². The monoisotopic (exact) mass is 425 g/mol. The van der Waals surface area contributed by atoms with E-state index < -0.39 is 47.5 Å². The van der Waals surface area contributed by atoms with Gasteiger partial charge in [0.1, 0.15) is 6.04 Å². The number of aromatic hydroxyl groups is 2. The van der Waals surface area contributed by atoms with Crippen LogP contribution in [0.2, 0.25) is 0 Å². The van der Waals surface area contributed by atoms with Crippen molar-refractivity contribution in [2.75, 3.05) is 13.7 Å². The van der Waals surface area contributed by atoms with E-state index in [1.165, 1.54) is 25.1 Å². The van der Waals surface area contributed by atoms with Gasteiger partial charge in [0.05, 0.1) is 18.8 Å². The molecule has 0 spiro atoms. The molecular weight excluding hydrogens is 398 g/mol. The topological polar surface area (TPSA) is 210 Å². The highest BCUT2D eigenvalue weighted by Gasteiger charge is 2.30. The molecule has 0 saturated carbocycles. The highest BCUT2D eigenvalue weighted by atomic mass is 16.5. The third kappa shape index (κ3) is 7.13. The van der Waals surface area contributed by atoms with Crippen molar-refractivity contribution in [2.45, 2.75) is 38.0 Å². The molecule has 1 aromatic rings. The number of amides is 2. The molecule has 0 aliphatic heterocycles. The number of phenols is 2. The van der Waals surface area contributed by atoms with Gasteiger partial charge in [0.25, 0.3) is 5.91 Å². The molecule has 0 saturated heterocycles. The van der Waals surface area contributed by atoms with Gasteiger partial charge >= 0.3 is 5.97 Å². The van der Waals surface area contributed by atoms with E-state index in [1.54, 1.807) is 0 Å². The minimum absolute atomic E-state index is 0.0711. The fraction of sp³-hybridized carbons (Fsp3) is 0.444. The Morgan fingerprint density at radius 1 is 1.20 bits per heavy atom. The Balaban J connectivity index is 3.01. The summed E-state index contributed by atoms with van der Waals surface area (Å²) in [7, 11) is 1.10. The SMILES string of the molecule is COC(=O)[C@@H](NC(=O)[C@H](CCCN=C(N)N)NC(=O)c1cccc(O)c1O)C(C)O. The summed E-state index contributed by atoms with van der Waals surface area (Å²) in [5, 5.41) is 33.9. The van der Waals surface area contributed by atoms with Gasteiger partial charge in [-0.15, -0.1) is 0 Å².